The summed E-state index contributed by atoms with van der Waals surface area (Å²) in [6, 6.07) is 3.25. The van der Waals surface area contributed by atoms with Crippen LogP contribution in [0, 0.1) is 0 Å². The van der Waals surface area contributed by atoms with Crippen LogP contribution >= 0.6 is 23.2 Å². The Balaban J connectivity index is 2.66. The van der Waals surface area contributed by atoms with Crippen LogP contribution in [0.3, 0.4) is 0 Å². The van der Waals surface area contributed by atoms with Crippen LogP contribution < -0.4 is 10.6 Å². The highest BCUT2D eigenvalue weighted by Crippen LogP contribution is 2.29. The van der Waals surface area contributed by atoms with Gasteiger partial charge in [0.05, 0.1) is 15.7 Å². The number of hydrogen-bond donors (Lipinski definition) is 3. The highest BCUT2D eigenvalue weighted by atomic mass is 35.5. The van der Waals surface area contributed by atoms with E-state index in [0.717, 1.165) is 12.8 Å². The van der Waals surface area contributed by atoms with Crippen molar-refractivity contribution >= 4 is 40.9 Å². The molecule has 0 saturated heterocycles. The van der Waals surface area contributed by atoms with Gasteiger partial charge in [-0.05, 0) is 18.6 Å². The predicted molar refractivity (Wildman–Crippen MR) is 79.6 cm³/mol. The molecule has 5 nitrogen and oxygen atoms in total. The molecule has 1 rings (SSSR count). The minimum Gasteiger partial charge on any atom is -0.480 e. The van der Waals surface area contributed by atoms with Gasteiger partial charge in [-0.25, -0.2) is 9.59 Å². The van der Waals surface area contributed by atoms with Crippen molar-refractivity contribution in [1.29, 1.82) is 0 Å². The highest BCUT2D eigenvalue weighted by molar-refractivity contribution is 6.43. The smallest absolute Gasteiger partial charge is 0.326 e. The van der Waals surface area contributed by atoms with Gasteiger partial charge in [-0.15, -0.1) is 0 Å². The average Bonchev–Trinajstić information content (AvgIpc) is 2.39. The predicted octanol–water partition coefficient (Wildman–Crippen LogP) is 3.76. The SMILES string of the molecule is CCCCC(NC(=O)Nc1cccc(Cl)c1Cl)C(=O)O. The van der Waals surface area contributed by atoms with Crippen molar-refractivity contribution in [2.75, 3.05) is 5.32 Å². The van der Waals surface area contributed by atoms with E-state index in [1.54, 1.807) is 18.2 Å². The summed E-state index contributed by atoms with van der Waals surface area (Å²) in [6.07, 6.45) is 1.95. The molecule has 1 unspecified atom stereocenters. The third-order valence-corrected chi connectivity index (χ3v) is 3.47. The lowest BCUT2D eigenvalue weighted by Crippen LogP contribution is -2.43. The van der Waals surface area contributed by atoms with Crippen molar-refractivity contribution in [2.45, 2.75) is 32.2 Å². The van der Waals surface area contributed by atoms with Crippen LogP contribution in [0.2, 0.25) is 10.0 Å². The number of rotatable bonds is 6. The molecule has 0 spiro atoms. The summed E-state index contributed by atoms with van der Waals surface area (Å²) in [5.74, 6) is -1.06. The molecular weight excluding hydrogens is 303 g/mol. The molecule has 7 heteroatoms. The topological polar surface area (TPSA) is 78.4 Å². The van der Waals surface area contributed by atoms with Gasteiger partial charge in [0.25, 0.3) is 0 Å². The van der Waals surface area contributed by atoms with Gasteiger partial charge in [0.15, 0.2) is 0 Å². The van der Waals surface area contributed by atoms with Crippen LogP contribution in [0.5, 0.6) is 0 Å². The van der Waals surface area contributed by atoms with E-state index in [0.29, 0.717) is 17.1 Å². The number of aliphatic carboxylic acids is 1. The van der Waals surface area contributed by atoms with Crippen molar-refractivity contribution in [1.82, 2.24) is 5.32 Å². The lowest BCUT2D eigenvalue weighted by molar-refractivity contribution is -0.139. The maximum absolute atomic E-state index is 11.8. The first-order valence-corrected chi connectivity index (χ1v) is 6.95. The molecule has 1 aromatic rings. The molecule has 0 radical (unpaired) electrons. The number of carboxylic acid groups (broad SMARTS) is 1. The zero-order valence-corrected chi connectivity index (χ0v) is 12.5. The summed E-state index contributed by atoms with van der Waals surface area (Å²) in [6.45, 7) is 1.95. The molecule has 0 aliphatic heterocycles. The standard InChI is InChI=1S/C13H16Cl2N2O3/c1-2-3-6-10(12(18)19)17-13(20)16-9-7-4-5-8(14)11(9)15/h4-5,7,10H,2-3,6H2,1H3,(H,18,19)(H2,16,17,20). The van der Waals surface area contributed by atoms with Gasteiger partial charge in [-0.3, -0.25) is 0 Å². The van der Waals surface area contributed by atoms with Gasteiger partial charge >= 0.3 is 12.0 Å². The Morgan fingerprint density at radius 1 is 1.35 bits per heavy atom. The first-order chi connectivity index (χ1) is 9.45. The van der Waals surface area contributed by atoms with E-state index in [2.05, 4.69) is 10.6 Å². The second-order valence-electron chi connectivity index (χ2n) is 4.23. The number of amides is 2. The van der Waals surface area contributed by atoms with E-state index < -0.39 is 18.0 Å². The fourth-order valence-electron chi connectivity index (χ4n) is 1.58. The highest BCUT2D eigenvalue weighted by Gasteiger charge is 2.19. The summed E-state index contributed by atoms with van der Waals surface area (Å²) in [5, 5.41) is 14.4. The number of halogens is 2. The van der Waals surface area contributed by atoms with Gasteiger partial charge in [-0.1, -0.05) is 49.0 Å². The number of carbonyl (C=O) groups excluding carboxylic acids is 1. The summed E-state index contributed by atoms with van der Waals surface area (Å²) in [5.41, 5.74) is 0.330. The third kappa shape index (κ3) is 4.90. The van der Waals surface area contributed by atoms with Crippen LogP contribution in [0.1, 0.15) is 26.2 Å². The van der Waals surface area contributed by atoms with Gasteiger partial charge in [0, 0.05) is 0 Å². The number of nitrogens with one attached hydrogen (secondary N) is 2. The monoisotopic (exact) mass is 318 g/mol. The van der Waals surface area contributed by atoms with E-state index in [-0.39, 0.29) is 5.02 Å². The molecule has 1 atom stereocenters. The minimum atomic E-state index is -1.06. The number of benzene rings is 1. The molecule has 110 valence electrons. The molecule has 0 bridgehead atoms. The molecular formula is C13H16Cl2N2O3. The molecule has 1 aromatic carbocycles. The van der Waals surface area contributed by atoms with E-state index >= 15 is 0 Å². The largest absolute Gasteiger partial charge is 0.480 e. The third-order valence-electron chi connectivity index (χ3n) is 2.65. The van der Waals surface area contributed by atoms with Crippen LogP contribution in [-0.2, 0) is 4.79 Å². The Morgan fingerprint density at radius 3 is 2.65 bits per heavy atom. The van der Waals surface area contributed by atoms with E-state index in [9.17, 15) is 9.59 Å². The first-order valence-electron chi connectivity index (χ1n) is 6.20. The molecule has 20 heavy (non-hydrogen) atoms. The molecule has 0 aliphatic rings. The Morgan fingerprint density at radius 2 is 2.05 bits per heavy atom. The molecule has 0 heterocycles. The van der Waals surface area contributed by atoms with Crippen molar-refractivity contribution in [3.8, 4) is 0 Å². The van der Waals surface area contributed by atoms with E-state index in [1.165, 1.54) is 0 Å². The molecule has 3 N–H and O–H groups in total. The van der Waals surface area contributed by atoms with Crippen molar-refractivity contribution in [3.63, 3.8) is 0 Å². The second kappa shape index (κ2) is 7.97. The zero-order valence-electron chi connectivity index (χ0n) is 11.0. The Hall–Kier alpha value is -1.46. The first kappa shape index (κ1) is 16.6. The van der Waals surface area contributed by atoms with Crippen LogP contribution in [0.25, 0.3) is 0 Å². The summed E-state index contributed by atoms with van der Waals surface area (Å²) >= 11 is 11.8. The van der Waals surface area contributed by atoms with Crippen LogP contribution in [-0.4, -0.2) is 23.1 Å². The zero-order chi connectivity index (χ0) is 15.1. The minimum absolute atomic E-state index is 0.213. The molecule has 0 aromatic heterocycles. The van der Waals surface area contributed by atoms with Gasteiger partial charge in [0.1, 0.15) is 6.04 Å². The molecule has 0 fully saturated rings. The van der Waals surface area contributed by atoms with Crippen LogP contribution in [0.15, 0.2) is 18.2 Å². The lowest BCUT2D eigenvalue weighted by Gasteiger charge is -2.15. The molecule has 2 amide bonds. The number of carbonyl (C=O) groups is 2. The summed E-state index contributed by atoms with van der Waals surface area (Å²) in [7, 11) is 0. The quantitative estimate of drug-likeness (QED) is 0.747. The van der Waals surface area contributed by atoms with Gasteiger partial charge < -0.3 is 15.7 Å². The van der Waals surface area contributed by atoms with Crippen molar-refractivity contribution < 1.29 is 14.7 Å². The van der Waals surface area contributed by atoms with Crippen molar-refractivity contribution in [3.05, 3.63) is 28.2 Å². The Bertz CT molecular complexity index is 495. The maximum atomic E-state index is 11.8. The Labute approximate surface area is 127 Å². The summed E-state index contributed by atoms with van der Waals surface area (Å²) < 4.78 is 0. The fourth-order valence-corrected chi connectivity index (χ4v) is 1.93. The number of carboxylic acids is 1. The number of hydrogen-bond acceptors (Lipinski definition) is 2. The summed E-state index contributed by atoms with van der Waals surface area (Å²) in [4.78, 5) is 22.8. The maximum Gasteiger partial charge on any atom is 0.326 e. The number of urea groups is 1. The normalized spacial score (nSPS) is 11.8. The number of anilines is 1. The van der Waals surface area contributed by atoms with Crippen molar-refractivity contribution in [2.24, 2.45) is 0 Å². The number of unbranched alkanes of at least 4 members (excludes halogenated alkanes) is 1. The van der Waals surface area contributed by atoms with Gasteiger partial charge in [-0.2, -0.15) is 0 Å². The average molecular weight is 319 g/mol. The lowest BCUT2D eigenvalue weighted by atomic mass is 10.1. The molecule has 0 saturated carbocycles. The fraction of sp³-hybridized carbons (Fsp3) is 0.385. The van der Waals surface area contributed by atoms with E-state index in [1.807, 2.05) is 6.92 Å². The van der Waals surface area contributed by atoms with Gasteiger partial charge in [0.2, 0.25) is 0 Å². The van der Waals surface area contributed by atoms with E-state index in [4.69, 9.17) is 28.3 Å². The Kier molecular flexibility index (Phi) is 6.61. The molecule has 0 aliphatic carbocycles. The second-order valence-corrected chi connectivity index (χ2v) is 5.02. The van der Waals surface area contributed by atoms with Crippen LogP contribution in [0.4, 0.5) is 10.5 Å².